The SMILES string of the molecule is CC(C)[Te]C(O)C1CC[C@@]2(C)C(=CC[C@@H]3[C@H]2CC[C@]2(C)CCC[C@@H]32)C1. The van der Waals surface area contributed by atoms with Crippen molar-refractivity contribution in [2.75, 3.05) is 0 Å². The minimum absolute atomic E-state index is 0.0399. The molecule has 4 rings (SSSR count). The van der Waals surface area contributed by atoms with Crippen LogP contribution in [0.2, 0.25) is 3.97 Å². The van der Waals surface area contributed by atoms with E-state index in [1.54, 1.807) is 5.57 Å². The van der Waals surface area contributed by atoms with Gasteiger partial charge in [-0.15, -0.1) is 0 Å². The van der Waals surface area contributed by atoms with Crippen molar-refractivity contribution in [3.63, 3.8) is 0 Å². The zero-order valence-corrected chi connectivity index (χ0v) is 19.1. The molecule has 4 aliphatic rings. The molecular formula is C23H38OTe. The molecule has 0 heterocycles. The molecule has 142 valence electrons. The van der Waals surface area contributed by atoms with Gasteiger partial charge in [-0.3, -0.25) is 0 Å². The Hall–Kier alpha value is 0.490. The second-order valence-electron chi connectivity index (χ2n) is 10.4. The number of aliphatic hydroxyl groups is 1. The van der Waals surface area contributed by atoms with Gasteiger partial charge in [0.15, 0.2) is 0 Å². The van der Waals surface area contributed by atoms with Crippen molar-refractivity contribution in [1.29, 1.82) is 0 Å². The molecule has 2 heteroatoms. The molecule has 0 aromatic heterocycles. The van der Waals surface area contributed by atoms with E-state index in [1.807, 2.05) is 0 Å². The van der Waals surface area contributed by atoms with Gasteiger partial charge in [0, 0.05) is 0 Å². The number of fused-ring (bicyclic) bond motifs is 5. The fourth-order valence-electron chi connectivity index (χ4n) is 7.32. The molecule has 0 bridgehead atoms. The summed E-state index contributed by atoms with van der Waals surface area (Å²) in [4.78, 5) is 0. The van der Waals surface area contributed by atoms with Crippen LogP contribution in [0.5, 0.6) is 0 Å². The van der Waals surface area contributed by atoms with Gasteiger partial charge in [0.25, 0.3) is 0 Å². The van der Waals surface area contributed by atoms with Crippen LogP contribution in [0.25, 0.3) is 0 Å². The Balaban J connectivity index is 1.53. The first-order valence-electron chi connectivity index (χ1n) is 10.9. The summed E-state index contributed by atoms with van der Waals surface area (Å²) in [7, 11) is 0. The molecule has 0 saturated heterocycles. The number of rotatable bonds is 3. The molecule has 0 aromatic rings. The summed E-state index contributed by atoms with van der Waals surface area (Å²) in [6.07, 6.45) is 15.3. The molecule has 0 amide bonds. The topological polar surface area (TPSA) is 20.2 Å². The van der Waals surface area contributed by atoms with E-state index in [9.17, 15) is 5.11 Å². The van der Waals surface area contributed by atoms with Gasteiger partial charge in [-0.2, -0.15) is 0 Å². The second kappa shape index (κ2) is 6.83. The molecule has 0 aromatic carbocycles. The second-order valence-corrected chi connectivity index (χ2v) is 15.3. The van der Waals surface area contributed by atoms with Crippen LogP contribution in [-0.4, -0.2) is 30.2 Å². The fourth-order valence-corrected chi connectivity index (χ4v) is 10.2. The zero-order valence-electron chi connectivity index (χ0n) is 16.8. The van der Waals surface area contributed by atoms with E-state index < -0.39 is 0 Å². The first kappa shape index (κ1) is 18.8. The molecule has 0 radical (unpaired) electrons. The van der Waals surface area contributed by atoms with Gasteiger partial charge in [-0.1, -0.05) is 0 Å². The minimum atomic E-state index is -0.257. The Morgan fingerprint density at radius 3 is 2.64 bits per heavy atom. The Bertz CT molecular complexity index is 540. The third-order valence-corrected chi connectivity index (χ3v) is 12.2. The van der Waals surface area contributed by atoms with E-state index in [0.29, 0.717) is 16.7 Å². The molecule has 25 heavy (non-hydrogen) atoms. The molecule has 0 aliphatic heterocycles. The predicted octanol–water partition coefficient (Wildman–Crippen LogP) is 5.81. The number of aliphatic hydroxyl groups excluding tert-OH is 1. The van der Waals surface area contributed by atoms with Crippen molar-refractivity contribution in [2.45, 2.75) is 93.6 Å². The molecule has 1 N–H and O–H groups in total. The maximum atomic E-state index is 10.7. The molecule has 4 aliphatic carbocycles. The molecule has 1 nitrogen and oxygen atoms in total. The van der Waals surface area contributed by atoms with Crippen LogP contribution in [0.15, 0.2) is 11.6 Å². The molecule has 7 atom stereocenters. The Morgan fingerprint density at radius 1 is 1.08 bits per heavy atom. The molecular weight excluding hydrogens is 420 g/mol. The summed E-state index contributed by atoms with van der Waals surface area (Å²) >= 11 is -0.257. The van der Waals surface area contributed by atoms with Gasteiger partial charge in [-0.25, -0.2) is 0 Å². The first-order valence-corrected chi connectivity index (χ1v) is 13.6. The van der Waals surface area contributed by atoms with Gasteiger partial charge >= 0.3 is 166 Å². The van der Waals surface area contributed by atoms with Gasteiger partial charge in [0.2, 0.25) is 0 Å². The van der Waals surface area contributed by atoms with E-state index in [-0.39, 0.29) is 25.1 Å². The van der Waals surface area contributed by atoms with Crippen LogP contribution < -0.4 is 0 Å². The Morgan fingerprint density at radius 2 is 1.88 bits per heavy atom. The summed E-state index contributed by atoms with van der Waals surface area (Å²) in [5.74, 6) is 3.46. The summed E-state index contributed by atoms with van der Waals surface area (Å²) in [5, 5.41) is 10.7. The third kappa shape index (κ3) is 3.17. The quantitative estimate of drug-likeness (QED) is 0.419. The van der Waals surface area contributed by atoms with E-state index in [1.165, 1.54) is 57.8 Å². The number of hydrogen-bond donors (Lipinski definition) is 1. The Labute approximate surface area is 165 Å². The van der Waals surface area contributed by atoms with Crippen molar-refractivity contribution in [1.82, 2.24) is 0 Å². The van der Waals surface area contributed by atoms with Gasteiger partial charge < -0.3 is 0 Å². The van der Waals surface area contributed by atoms with Crippen molar-refractivity contribution in [2.24, 2.45) is 34.5 Å². The standard InChI is InChI=1S/C23H38OTe/c1-15(2)25-21(24)16-9-13-23(4)17(14-16)7-8-18-19-6-5-11-22(19,3)12-10-20(18)23/h7,15-16,18-21,24H,5-6,8-14H2,1-4H3/t16?,18-,19-,20+,21?,22-,23-/m0/s1. The van der Waals surface area contributed by atoms with E-state index in [2.05, 4.69) is 33.8 Å². The molecule has 3 fully saturated rings. The average Bonchev–Trinajstić information content (AvgIpc) is 2.95. The van der Waals surface area contributed by atoms with Crippen molar-refractivity contribution in [3.8, 4) is 0 Å². The van der Waals surface area contributed by atoms with Crippen molar-refractivity contribution < 1.29 is 5.11 Å². The monoisotopic (exact) mass is 460 g/mol. The van der Waals surface area contributed by atoms with Crippen LogP contribution in [0, 0.1) is 34.5 Å². The van der Waals surface area contributed by atoms with Crippen molar-refractivity contribution >= 4 is 20.9 Å². The third-order valence-electron chi connectivity index (χ3n) is 8.74. The molecule has 0 spiro atoms. The van der Waals surface area contributed by atoms with E-state index in [4.69, 9.17) is 0 Å². The zero-order chi connectivity index (χ0) is 17.8. The molecule has 2 unspecified atom stereocenters. The van der Waals surface area contributed by atoms with Crippen LogP contribution in [0.3, 0.4) is 0 Å². The first-order chi connectivity index (χ1) is 11.8. The summed E-state index contributed by atoms with van der Waals surface area (Å²) in [6, 6.07) is 0. The maximum absolute atomic E-state index is 10.7. The van der Waals surface area contributed by atoms with Crippen LogP contribution >= 0.6 is 0 Å². The van der Waals surface area contributed by atoms with Gasteiger partial charge in [0.1, 0.15) is 0 Å². The summed E-state index contributed by atoms with van der Waals surface area (Å²) in [6.45, 7) is 9.80. The summed E-state index contributed by atoms with van der Waals surface area (Å²) in [5.41, 5.74) is 2.88. The summed E-state index contributed by atoms with van der Waals surface area (Å²) < 4.78 is 0.773. The Kier molecular flexibility index (Phi) is 5.14. The molecule has 3 saturated carbocycles. The van der Waals surface area contributed by atoms with Crippen molar-refractivity contribution in [3.05, 3.63) is 11.6 Å². The predicted molar refractivity (Wildman–Crippen MR) is 107 cm³/mol. The van der Waals surface area contributed by atoms with Crippen LogP contribution in [-0.2, 0) is 0 Å². The number of hydrogen-bond acceptors (Lipinski definition) is 1. The van der Waals surface area contributed by atoms with Gasteiger partial charge in [0.05, 0.1) is 0 Å². The van der Waals surface area contributed by atoms with E-state index in [0.717, 1.165) is 21.7 Å². The number of allylic oxidation sites excluding steroid dienone is 2. The van der Waals surface area contributed by atoms with Gasteiger partial charge in [-0.05, 0) is 0 Å². The van der Waals surface area contributed by atoms with Crippen LogP contribution in [0.1, 0.15) is 85.5 Å². The fraction of sp³-hybridized carbons (Fsp3) is 0.913. The average molecular weight is 458 g/mol. The van der Waals surface area contributed by atoms with E-state index >= 15 is 0 Å². The van der Waals surface area contributed by atoms with Crippen LogP contribution in [0.4, 0.5) is 0 Å². The normalized spacial score (nSPS) is 47.7.